The van der Waals surface area contributed by atoms with Gasteiger partial charge in [0.2, 0.25) is 10.0 Å². The van der Waals surface area contributed by atoms with E-state index in [1.807, 2.05) is 24.3 Å². The van der Waals surface area contributed by atoms with Gasteiger partial charge in [0.25, 0.3) is 0 Å². The Kier molecular flexibility index (Phi) is 7.07. The molecule has 0 saturated heterocycles. The number of rotatable bonds is 9. The third-order valence-corrected chi connectivity index (χ3v) is 6.89. The van der Waals surface area contributed by atoms with Crippen LogP contribution in [-0.2, 0) is 10.0 Å². The van der Waals surface area contributed by atoms with Crippen molar-refractivity contribution in [3.63, 3.8) is 0 Å². The van der Waals surface area contributed by atoms with Crippen molar-refractivity contribution in [3.8, 4) is 5.75 Å². The molecular weight excluding hydrogens is 324 g/mol. The van der Waals surface area contributed by atoms with E-state index < -0.39 is 10.0 Å². The number of hydrogen-bond acceptors (Lipinski definition) is 4. The molecule has 1 N–H and O–H groups in total. The number of ether oxygens (including phenoxy) is 1. The second-order valence-electron chi connectivity index (χ2n) is 6.31. The van der Waals surface area contributed by atoms with E-state index in [-0.39, 0.29) is 11.3 Å². The standard InChI is InChI=1S/C18H30N2O3S/c1-4-20(5-2)18(15-10-12-16(23-3)13-11-15)14-19-24(21,22)17-8-6-7-9-17/h10-13,17-19H,4-9,14H2,1-3H3. The molecule has 1 saturated carbocycles. The second kappa shape index (κ2) is 8.83. The van der Waals surface area contributed by atoms with Gasteiger partial charge in [0.05, 0.1) is 12.4 Å². The minimum Gasteiger partial charge on any atom is -0.497 e. The number of sulfonamides is 1. The van der Waals surface area contributed by atoms with E-state index in [4.69, 9.17) is 4.74 Å². The molecule has 1 aliphatic rings. The van der Waals surface area contributed by atoms with Crippen LogP contribution in [-0.4, -0.2) is 45.3 Å². The Bertz CT molecular complexity index is 591. The van der Waals surface area contributed by atoms with Crippen LogP contribution in [0.2, 0.25) is 0 Å². The summed E-state index contributed by atoms with van der Waals surface area (Å²) in [6, 6.07) is 7.92. The summed E-state index contributed by atoms with van der Waals surface area (Å²) in [5, 5.41) is -0.217. The average molecular weight is 355 g/mol. The summed E-state index contributed by atoms with van der Waals surface area (Å²) < 4.78 is 33.1. The molecule has 0 radical (unpaired) electrons. The molecular formula is C18H30N2O3S. The fraction of sp³-hybridized carbons (Fsp3) is 0.667. The molecule has 0 aromatic heterocycles. The van der Waals surface area contributed by atoms with Crippen molar-refractivity contribution in [1.29, 1.82) is 0 Å². The Morgan fingerprint density at radius 3 is 2.25 bits per heavy atom. The first-order valence-electron chi connectivity index (χ1n) is 8.88. The van der Waals surface area contributed by atoms with Crippen molar-refractivity contribution < 1.29 is 13.2 Å². The van der Waals surface area contributed by atoms with Crippen LogP contribution >= 0.6 is 0 Å². The van der Waals surface area contributed by atoms with E-state index >= 15 is 0 Å². The lowest BCUT2D eigenvalue weighted by Crippen LogP contribution is -2.40. The van der Waals surface area contributed by atoms with E-state index in [1.165, 1.54) is 0 Å². The number of methoxy groups -OCH3 is 1. The third-order valence-electron chi connectivity index (χ3n) is 4.97. The molecule has 1 aliphatic carbocycles. The highest BCUT2D eigenvalue weighted by Gasteiger charge is 2.30. The lowest BCUT2D eigenvalue weighted by atomic mass is 10.1. The summed E-state index contributed by atoms with van der Waals surface area (Å²) in [5.41, 5.74) is 1.11. The smallest absolute Gasteiger partial charge is 0.214 e. The summed E-state index contributed by atoms with van der Waals surface area (Å²) >= 11 is 0. The fourth-order valence-corrected chi connectivity index (χ4v) is 5.04. The van der Waals surface area contributed by atoms with Gasteiger partial charge in [0, 0.05) is 12.6 Å². The Morgan fingerprint density at radius 1 is 1.17 bits per heavy atom. The fourth-order valence-electron chi connectivity index (χ4n) is 3.46. The highest BCUT2D eigenvalue weighted by molar-refractivity contribution is 7.90. The van der Waals surface area contributed by atoms with Crippen LogP contribution in [0, 0.1) is 0 Å². The summed E-state index contributed by atoms with van der Waals surface area (Å²) in [5.74, 6) is 0.809. The van der Waals surface area contributed by atoms with Crippen LogP contribution in [0.1, 0.15) is 51.1 Å². The van der Waals surface area contributed by atoms with E-state index in [1.54, 1.807) is 7.11 Å². The minimum atomic E-state index is -3.23. The number of nitrogens with zero attached hydrogens (tertiary/aromatic N) is 1. The molecule has 1 unspecified atom stereocenters. The van der Waals surface area contributed by atoms with E-state index in [0.717, 1.165) is 50.1 Å². The molecule has 0 bridgehead atoms. The molecule has 2 rings (SSSR count). The SMILES string of the molecule is CCN(CC)C(CNS(=O)(=O)C1CCCC1)c1ccc(OC)cc1. The molecule has 0 aliphatic heterocycles. The van der Waals surface area contributed by atoms with Crippen molar-refractivity contribution >= 4 is 10.0 Å². The molecule has 6 heteroatoms. The average Bonchev–Trinajstić information content (AvgIpc) is 3.14. The highest BCUT2D eigenvalue weighted by Crippen LogP contribution is 2.26. The molecule has 24 heavy (non-hydrogen) atoms. The Labute approximate surface area is 146 Å². The first-order valence-corrected chi connectivity index (χ1v) is 10.4. The topological polar surface area (TPSA) is 58.6 Å². The number of nitrogens with one attached hydrogen (secondary N) is 1. The van der Waals surface area contributed by atoms with Crippen LogP contribution in [0.5, 0.6) is 5.75 Å². The Morgan fingerprint density at radius 2 is 1.75 bits per heavy atom. The van der Waals surface area contributed by atoms with Gasteiger partial charge in [-0.15, -0.1) is 0 Å². The molecule has 0 amide bonds. The lowest BCUT2D eigenvalue weighted by Gasteiger charge is -2.30. The minimum absolute atomic E-state index is 0.0297. The largest absolute Gasteiger partial charge is 0.497 e. The van der Waals surface area contributed by atoms with E-state index in [0.29, 0.717) is 6.54 Å². The van der Waals surface area contributed by atoms with Gasteiger partial charge in [0.1, 0.15) is 5.75 Å². The molecule has 0 heterocycles. The van der Waals surface area contributed by atoms with Crippen molar-refractivity contribution in [2.75, 3.05) is 26.7 Å². The van der Waals surface area contributed by atoms with Gasteiger partial charge in [-0.05, 0) is 43.6 Å². The van der Waals surface area contributed by atoms with Gasteiger partial charge in [-0.3, -0.25) is 4.90 Å². The van der Waals surface area contributed by atoms with Gasteiger partial charge in [0.15, 0.2) is 0 Å². The number of likely N-dealkylation sites (N-methyl/N-ethyl adjacent to an activating group) is 1. The third kappa shape index (κ3) is 4.71. The summed E-state index contributed by atoms with van der Waals surface area (Å²) in [6.07, 6.45) is 3.61. The van der Waals surface area contributed by atoms with Gasteiger partial charge in [-0.2, -0.15) is 0 Å². The van der Waals surface area contributed by atoms with Crippen molar-refractivity contribution in [2.45, 2.75) is 50.8 Å². The van der Waals surface area contributed by atoms with Crippen LogP contribution in [0.4, 0.5) is 0 Å². The van der Waals surface area contributed by atoms with Crippen LogP contribution in [0.25, 0.3) is 0 Å². The normalized spacial score (nSPS) is 17.3. The first-order chi connectivity index (χ1) is 11.5. The van der Waals surface area contributed by atoms with Crippen LogP contribution in [0.15, 0.2) is 24.3 Å². The quantitative estimate of drug-likeness (QED) is 0.741. The monoisotopic (exact) mass is 354 g/mol. The van der Waals surface area contributed by atoms with Crippen molar-refractivity contribution in [1.82, 2.24) is 9.62 Å². The first kappa shape index (κ1) is 19.2. The Hall–Kier alpha value is -1.11. The lowest BCUT2D eigenvalue weighted by molar-refractivity contribution is 0.219. The van der Waals surface area contributed by atoms with Crippen molar-refractivity contribution in [2.24, 2.45) is 0 Å². The van der Waals surface area contributed by atoms with E-state index in [9.17, 15) is 8.42 Å². The zero-order valence-corrected chi connectivity index (χ0v) is 15.8. The number of benzene rings is 1. The van der Waals surface area contributed by atoms with Gasteiger partial charge in [-0.25, -0.2) is 13.1 Å². The van der Waals surface area contributed by atoms with Gasteiger partial charge >= 0.3 is 0 Å². The zero-order valence-electron chi connectivity index (χ0n) is 15.0. The summed E-state index contributed by atoms with van der Waals surface area (Å²) in [7, 11) is -1.58. The molecule has 0 spiro atoms. The summed E-state index contributed by atoms with van der Waals surface area (Å²) in [6.45, 7) is 6.36. The molecule has 1 atom stereocenters. The molecule has 1 aromatic rings. The number of hydrogen-bond donors (Lipinski definition) is 1. The zero-order chi connectivity index (χ0) is 17.6. The second-order valence-corrected chi connectivity index (χ2v) is 8.36. The molecule has 5 nitrogen and oxygen atoms in total. The van der Waals surface area contributed by atoms with Crippen LogP contribution < -0.4 is 9.46 Å². The van der Waals surface area contributed by atoms with Gasteiger partial charge < -0.3 is 4.74 Å². The maximum Gasteiger partial charge on any atom is 0.214 e. The molecule has 1 aromatic carbocycles. The highest BCUT2D eigenvalue weighted by atomic mass is 32.2. The van der Waals surface area contributed by atoms with Crippen LogP contribution in [0.3, 0.4) is 0 Å². The Balaban J connectivity index is 2.13. The molecule has 136 valence electrons. The van der Waals surface area contributed by atoms with E-state index in [2.05, 4.69) is 23.5 Å². The molecule has 1 fully saturated rings. The van der Waals surface area contributed by atoms with Crippen molar-refractivity contribution in [3.05, 3.63) is 29.8 Å². The summed E-state index contributed by atoms with van der Waals surface area (Å²) in [4.78, 5) is 2.28. The predicted octanol–water partition coefficient (Wildman–Crippen LogP) is 2.94. The maximum atomic E-state index is 12.5. The van der Waals surface area contributed by atoms with Gasteiger partial charge in [-0.1, -0.05) is 38.8 Å². The predicted molar refractivity (Wildman–Crippen MR) is 97.8 cm³/mol. The maximum absolute atomic E-state index is 12.5.